The molecule has 0 aliphatic rings. The second-order valence-corrected chi connectivity index (χ2v) is 3.39. The number of hydrogen-bond acceptors (Lipinski definition) is 3. The van der Waals surface area contributed by atoms with E-state index in [1.165, 1.54) is 0 Å². The fourth-order valence-electron chi connectivity index (χ4n) is 1.26. The van der Waals surface area contributed by atoms with Crippen molar-refractivity contribution in [3.8, 4) is 0 Å². The van der Waals surface area contributed by atoms with Gasteiger partial charge in [-0.05, 0) is 6.54 Å². The minimum Gasteiger partial charge on any atom is -0.347 e. The van der Waals surface area contributed by atoms with E-state index in [1.54, 1.807) is 24.3 Å². The Bertz CT molecular complexity index is 284. The van der Waals surface area contributed by atoms with Crippen molar-refractivity contribution in [1.82, 2.24) is 20.2 Å². The minimum absolute atomic E-state index is 0.132. The van der Waals surface area contributed by atoms with Gasteiger partial charge in [-0.25, -0.2) is 4.98 Å². The van der Waals surface area contributed by atoms with E-state index in [-0.39, 0.29) is 5.91 Å². The second-order valence-electron chi connectivity index (χ2n) is 3.39. The molecule has 0 saturated heterocycles. The number of hydrogen-bond donors (Lipinski definition) is 2. The number of imidazole rings is 1. The summed E-state index contributed by atoms with van der Waals surface area (Å²) in [5.74, 6) is 0.946. The van der Waals surface area contributed by atoms with Crippen LogP contribution >= 0.6 is 0 Å². The molecule has 0 aliphatic heterocycles. The number of aromatic amines is 1. The Morgan fingerprint density at radius 2 is 2.47 bits per heavy atom. The maximum Gasteiger partial charge on any atom is 0.223 e. The predicted molar refractivity (Wildman–Crippen MR) is 58.2 cm³/mol. The van der Waals surface area contributed by atoms with Gasteiger partial charge in [-0.15, -0.1) is 0 Å². The maximum absolute atomic E-state index is 11.6. The molecule has 0 radical (unpaired) electrons. The van der Waals surface area contributed by atoms with Crippen LogP contribution in [0.3, 0.4) is 0 Å². The number of nitrogens with zero attached hydrogens (tertiary/aromatic N) is 2. The molecule has 0 fully saturated rings. The highest BCUT2D eigenvalue weighted by Gasteiger charge is 2.09. The molecule has 5 heteroatoms. The van der Waals surface area contributed by atoms with E-state index in [1.807, 2.05) is 6.92 Å². The highest BCUT2D eigenvalue weighted by molar-refractivity contribution is 5.75. The number of amides is 1. The van der Waals surface area contributed by atoms with Crippen LogP contribution in [-0.2, 0) is 11.3 Å². The van der Waals surface area contributed by atoms with E-state index < -0.39 is 0 Å². The van der Waals surface area contributed by atoms with Crippen LogP contribution in [-0.4, -0.2) is 40.9 Å². The van der Waals surface area contributed by atoms with Gasteiger partial charge < -0.3 is 15.2 Å². The van der Waals surface area contributed by atoms with Crippen LogP contribution in [0.2, 0.25) is 0 Å². The summed E-state index contributed by atoms with van der Waals surface area (Å²) in [7, 11) is 1.79. The summed E-state index contributed by atoms with van der Waals surface area (Å²) in [4.78, 5) is 20.3. The summed E-state index contributed by atoms with van der Waals surface area (Å²) in [5.41, 5.74) is 0. The lowest BCUT2D eigenvalue weighted by Crippen LogP contribution is -2.29. The largest absolute Gasteiger partial charge is 0.347 e. The van der Waals surface area contributed by atoms with Gasteiger partial charge in [0.25, 0.3) is 0 Å². The number of carbonyl (C=O) groups is 1. The summed E-state index contributed by atoms with van der Waals surface area (Å²) < 4.78 is 0. The first-order chi connectivity index (χ1) is 7.24. The fourth-order valence-corrected chi connectivity index (χ4v) is 1.26. The van der Waals surface area contributed by atoms with Crippen LogP contribution in [0.1, 0.15) is 19.2 Å². The number of carbonyl (C=O) groups excluding carboxylic acids is 1. The van der Waals surface area contributed by atoms with Crippen molar-refractivity contribution < 1.29 is 4.79 Å². The number of rotatable bonds is 6. The monoisotopic (exact) mass is 210 g/mol. The van der Waals surface area contributed by atoms with Gasteiger partial charge in [0.05, 0.1) is 6.54 Å². The molecule has 1 amide bonds. The molecule has 0 aromatic carbocycles. The van der Waals surface area contributed by atoms with E-state index >= 15 is 0 Å². The molecule has 0 saturated carbocycles. The molecule has 0 aliphatic carbocycles. The van der Waals surface area contributed by atoms with E-state index in [2.05, 4.69) is 15.3 Å². The first kappa shape index (κ1) is 11.7. The summed E-state index contributed by atoms with van der Waals surface area (Å²) in [6.07, 6.45) is 3.98. The summed E-state index contributed by atoms with van der Waals surface area (Å²) in [6.45, 7) is 4.20. The normalized spacial score (nSPS) is 10.3. The van der Waals surface area contributed by atoms with Crippen molar-refractivity contribution in [1.29, 1.82) is 0 Å². The lowest BCUT2D eigenvalue weighted by atomic mass is 10.3. The Morgan fingerprint density at radius 3 is 3.07 bits per heavy atom. The molecule has 1 heterocycles. The zero-order valence-electron chi connectivity index (χ0n) is 9.29. The van der Waals surface area contributed by atoms with Crippen LogP contribution in [0, 0.1) is 0 Å². The third-order valence-electron chi connectivity index (χ3n) is 2.13. The number of nitrogens with one attached hydrogen (secondary N) is 2. The van der Waals surface area contributed by atoms with Crippen LogP contribution in [0.5, 0.6) is 0 Å². The third kappa shape index (κ3) is 4.12. The van der Waals surface area contributed by atoms with Crippen LogP contribution < -0.4 is 5.32 Å². The van der Waals surface area contributed by atoms with E-state index in [0.29, 0.717) is 13.0 Å². The van der Waals surface area contributed by atoms with Gasteiger partial charge in [-0.1, -0.05) is 6.92 Å². The topological polar surface area (TPSA) is 61.0 Å². The van der Waals surface area contributed by atoms with Crippen molar-refractivity contribution in [2.75, 3.05) is 20.1 Å². The Labute approximate surface area is 89.9 Å². The molecule has 0 spiro atoms. The lowest BCUT2D eigenvalue weighted by Gasteiger charge is -2.15. The van der Waals surface area contributed by atoms with Crippen molar-refractivity contribution in [3.05, 3.63) is 18.2 Å². The summed E-state index contributed by atoms with van der Waals surface area (Å²) in [5, 5.41) is 3.12. The Kier molecular flexibility index (Phi) is 4.83. The van der Waals surface area contributed by atoms with E-state index in [4.69, 9.17) is 0 Å². The molecule has 0 unspecified atom stereocenters. The maximum atomic E-state index is 11.6. The van der Waals surface area contributed by atoms with Crippen LogP contribution in [0.15, 0.2) is 12.4 Å². The SMILES string of the molecule is CCNCCC(=O)N(C)Cc1ncc[nH]1. The third-order valence-corrected chi connectivity index (χ3v) is 2.13. The van der Waals surface area contributed by atoms with Gasteiger partial charge >= 0.3 is 0 Å². The minimum atomic E-state index is 0.132. The number of H-pyrrole nitrogens is 1. The quantitative estimate of drug-likeness (QED) is 0.667. The van der Waals surface area contributed by atoms with Crippen molar-refractivity contribution in [3.63, 3.8) is 0 Å². The molecular formula is C10H18N4O. The molecule has 15 heavy (non-hydrogen) atoms. The highest BCUT2D eigenvalue weighted by atomic mass is 16.2. The van der Waals surface area contributed by atoms with Gasteiger partial charge in [0.1, 0.15) is 5.82 Å². The molecule has 1 aromatic heterocycles. The second kappa shape index (κ2) is 6.19. The van der Waals surface area contributed by atoms with Gasteiger partial charge in [-0.3, -0.25) is 4.79 Å². The summed E-state index contributed by atoms with van der Waals surface area (Å²) in [6, 6.07) is 0. The molecule has 0 bridgehead atoms. The van der Waals surface area contributed by atoms with Crippen molar-refractivity contribution in [2.24, 2.45) is 0 Å². The van der Waals surface area contributed by atoms with Gasteiger partial charge in [0.15, 0.2) is 0 Å². The fraction of sp³-hybridized carbons (Fsp3) is 0.600. The number of aromatic nitrogens is 2. The van der Waals surface area contributed by atoms with E-state index in [9.17, 15) is 4.79 Å². The lowest BCUT2D eigenvalue weighted by molar-refractivity contribution is -0.130. The zero-order chi connectivity index (χ0) is 11.1. The van der Waals surface area contributed by atoms with Gasteiger partial charge in [0.2, 0.25) is 5.91 Å². The first-order valence-corrected chi connectivity index (χ1v) is 5.17. The first-order valence-electron chi connectivity index (χ1n) is 5.17. The van der Waals surface area contributed by atoms with Crippen LogP contribution in [0.4, 0.5) is 0 Å². The van der Waals surface area contributed by atoms with Crippen molar-refractivity contribution >= 4 is 5.91 Å². The average molecular weight is 210 g/mol. The molecule has 1 rings (SSSR count). The van der Waals surface area contributed by atoms with Gasteiger partial charge in [-0.2, -0.15) is 0 Å². The molecule has 0 atom stereocenters. The zero-order valence-corrected chi connectivity index (χ0v) is 9.29. The smallest absolute Gasteiger partial charge is 0.223 e. The molecule has 5 nitrogen and oxygen atoms in total. The average Bonchev–Trinajstić information content (AvgIpc) is 2.70. The van der Waals surface area contributed by atoms with Crippen molar-refractivity contribution in [2.45, 2.75) is 19.9 Å². The molecule has 1 aromatic rings. The predicted octanol–water partition coefficient (Wildman–Crippen LogP) is 0.368. The Balaban J connectivity index is 2.27. The molecule has 2 N–H and O–H groups in total. The Hall–Kier alpha value is -1.36. The highest BCUT2D eigenvalue weighted by Crippen LogP contribution is 1.97. The molecule has 84 valence electrons. The van der Waals surface area contributed by atoms with E-state index in [0.717, 1.165) is 18.9 Å². The molecular weight excluding hydrogens is 192 g/mol. The van der Waals surface area contributed by atoms with Gasteiger partial charge in [0, 0.05) is 32.4 Å². The standard InChI is InChI=1S/C10H18N4O/c1-3-11-5-4-10(15)14(2)8-9-12-6-7-13-9/h6-7,11H,3-5,8H2,1-2H3,(H,12,13). The van der Waals surface area contributed by atoms with Crippen LogP contribution in [0.25, 0.3) is 0 Å². The summed E-state index contributed by atoms with van der Waals surface area (Å²) >= 11 is 0. The Morgan fingerprint density at radius 1 is 1.67 bits per heavy atom.